The molecule has 0 fully saturated rings. The van der Waals surface area contributed by atoms with Crippen molar-refractivity contribution in [2.45, 2.75) is 71.8 Å². The van der Waals surface area contributed by atoms with Gasteiger partial charge in [-0.05, 0) is 51.5 Å². The van der Waals surface area contributed by atoms with E-state index < -0.39 is 8.56 Å². The first-order valence-corrected chi connectivity index (χ1v) is 9.59. The lowest BCUT2D eigenvalue weighted by Crippen LogP contribution is -2.43. The van der Waals surface area contributed by atoms with E-state index in [2.05, 4.69) is 46.9 Å². The van der Waals surface area contributed by atoms with E-state index in [1.165, 1.54) is 0 Å². The van der Waals surface area contributed by atoms with Crippen LogP contribution in [0.4, 0.5) is 0 Å². The molecule has 0 saturated heterocycles. The Morgan fingerprint density at radius 3 is 1.81 bits per heavy atom. The van der Waals surface area contributed by atoms with Crippen LogP contribution in [-0.2, 0) is 8.85 Å². The summed E-state index contributed by atoms with van der Waals surface area (Å²) in [5.74, 6) is 0.913. The maximum Gasteiger partial charge on any atom is 0.335 e. The van der Waals surface area contributed by atoms with Gasteiger partial charge in [-0.2, -0.15) is 12.6 Å². The van der Waals surface area contributed by atoms with Crippen LogP contribution in [0.3, 0.4) is 0 Å². The summed E-state index contributed by atoms with van der Waals surface area (Å²) in [6.07, 6.45) is 3.79. The minimum absolute atomic E-state index is 0.306. The van der Waals surface area contributed by atoms with Crippen molar-refractivity contribution in [1.29, 1.82) is 0 Å². The molecule has 0 rings (SSSR count). The van der Waals surface area contributed by atoms with Gasteiger partial charge in [0, 0.05) is 12.2 Å². The molecule has 98 valence electrons. The summed E-state index contributed by atoms with van der Waals surface area (Å²) in [6, 6.07) is 1.05. The molecular formula is C12H28O2SSi. The van der Waals surface area contributed by atoms with Crippen LogP contribution >= 0.6 is 12.6 Å². The molecule has 0 aromatic heterocycles. The smallest absolute Gasteiger partial charge is 0.335 e. The highest BCUT2D eigenvalue weighted by Gasteiger charge is 2.34. The van der Waals surface area contributed by atoms with Crippen molar-refractivity contribution in [3.63, 3.8) is 0 Å². The molecule has 2 unspecified atom stereocenters. The fourth-order valence-electron chi connectivity index (χ4n) is 1.56. The molecule has 0 aromatic rings. The zero-order valence-corrected chi connectivity index (χ0v) is 13.3. The first kappa shape index (κ1) is 16.5. The van der Waals surface area contributed by atoms with Crippen LogP contribution in [0.15, 0.2) is 0 Å². The first-order chi connectivity index (χ1) is 7.47. The highest BCUT2D eigenvalue weighted by atomic mass is 32.1. The number of hydrogen-bond acceptors (Lipinski definition) is 3. The van der Waals surface area contributed by atoms with Gasteiger partial charge in [0.15, 0.2) is 0 Å². The van der Waals surface area contributed by atoms with Gasteiger partial charge in [-0.25, -0.2) is 0 Å². The third-order valence-corrected chi connectivity index (χ3v) is 6.22. The second kappa shape index (κ2) is 8.56. The van der Waals surface area contributed by atoms with E-state index in [4.69, 9.17) is 8.85 Å². The molecule has 0 bridgehead atoms. The Balaban J connectivity index is 4.34. The van der Waals surface area contributed by atoms with Gasteiger partial charge in [-0.3, -0.25) is 0 Å². The number of hydrogen-bond donors (Lipinski definition) is 1. The molecular weight excluding hydrogens is 236 g/mol. The van der Waals surface area contributed by atoms with E-state index in [0.717, 1.165) is 31.1 Å². The zero-order chi connectivity index (χ0) is 12.6. The molecule has 0 amide bonds. The monoisotopic (exact) mass is 264 g/mol. The predicted octanol–water partition coefficient (Wildman–Crippen LogP) is 4.01. The van der Waals surface area contributed by atoms with E-state index in [9.17, 15) is 0 Å². The molecule has 0 aliphatic carbocycles. The Morgan fingerprint density at radius 1 is 1.06 bits per heavy atom. The van der Waals surface area contributed by atoms with Crippen molar-refractivity contribution < 1.29 is 8.85 Å². The molecule has 0 heterocycles. The van der Waals surface area contributed by atoms with Crippen molar-refractivity contribution >= 4 is 21.2 Å². The molecule has 0 saturated carbocycles. The van der Waals surface area contributed by atoms with Crippen molar-refractivity contribution in [2.24, 2.45) is 0 Å². The van der Waals surface area contributed by atoms with Gasteiger partial charge in [0.25, 0.3) is 0 Å². The third kappa shape index (κ3) is 6.94. The lowest BCUT2D eigenvalue weighted by molar-refractivity contribution is 0.0912. The highest BCUT2D eigenvalue weighted by Crippen LogP contribution is 2.22. The van der Waals surface area contributed by atoms with Crippen LogP contribution in [0.5, 0.6) is 0 Å². The second-order valence-corrected chi connectivity index (χ2v) is 8.32. The highest BCUT2D eigenvalue weighted by molar-refractivity contribution is 7.80. The normalized spacial score (nSPS) is 19.1. The van der Waals surface area contributed by atoms with E-state index in [0.29, 0.717) is 12.2 Å². The van der Waals surface area contributed by atoms with Crippen molar-refractivity contribution in [3.05, 3.63) is 0 Å². The summed E-state index contributed by atoms with van der Waals surface area (Å²) >= 11 is 4.27. The SMILES string of the molecule is CCC(C)O[Si](C)(CCCS)OC(C)CC. The molecule has 16 heavy (non-hydrogen) atoms. The minimum Gasteiger partial charge on any atom is -0.392 e. The molecule has 0 radical (unpaired) electrons. The largest absolute Gasteiger partial charge is 0.392 e. The quantitative estimate of drug-likeness (QED) is 0.501. The lowest BCUT2D eigenvalue weighted by atomic mass is 10.3. The van der Waals surface area contributed by atoms with E-state index in [1.54, 1.807) is 0 Å². The summed E-state index contributed by atoms with van der Waals surface area (Å²) < 4.78 is 12.3. The molecule has 4 heteroatoms. The Morgan fingerprint density at radius 2 is 1.50 bits per heavy atom. The third-order valence-electron chi connectivity index (χ3n) is 2.84. The van der Waals surface area contributed by atoms with E-state index in [-0.39, 0.29) is 0 Å². The van der Waals surface area contributed by atoms with Gasteiger partial charge in [0.1, 0.15) is 0 Å². The van der Waals surface area contributed by atoms with Gasteiger partial charge < -0.3 is 8.85 Å². The van der Waals surface area contributed by atoms with Crippen LogP contribution in [0.25, 0.3) is 0 Å². The van der Waals surface area contributed by atoms with Gasteiger partial charge in [-0.15, -0.1) is 0 Å². The lowest BCUT2D eigenvalue weighted by Gasteiger charge is -2.32. The molecule has 0 N–H and O–H groups in total. The molecule has 0 aliphatic rings. The Kier molecular flexibility index (Phi) is 8.82. The predicted molar refractivity (Wildman–Crippen MR) is 76.6 cm³/mol. The van der Waals surface area contributed by atoms with Crippen LogP contribution < -0.4 is 0 Å². The maximum atomic E-state index is 6.14. The number of thiol groups is 1. The summed E-state index contributed by atoms with van der Waals surface area (Å²) in [7, 11) is -1.99. The van der Waals surface area contributed by atoms with Crippen LogP contribution in [0, 0.1) is 0 Å². The molecule has 2 nitrogen and oxygen atoms in total. The summed E-state index contributed by atoms with van der Waals surface area (Å²) in [5, 5.41) is 0. The van der Waals surface area contributed by atoms with E-state index >= 15 is 0 Å². The van der Waals surface area contributed by atoms with Gasteiger partial charge in [-0.1, -0.05) is 13.8 Å². The standard InChI is InChI=1S/C12H28O2SSi/c1-6-11(3)13-16(5,10-8-9-15)14-12(4)7-2/h11-12,15H,6-10H2,1-5H3. The summed E-state index contributed by atoms with van der Waals surface area (Å²) in [6.45, 7) is 10.8. The fraction of sp³-hybridized carbons (Fsp3) is 1.00. The fourth-order valence-corrected chi connectivity index (χ4v) is 5.17. The summed E-state index contributed by atoms with van der Waals surface area (Å²) in [5.41, 5.74) is 0. The van der Waals surface area contributed by atoms with Crippen LogP contribution in [-0.4, -0.2) is 26.5 Å². The number of rotatable bonds is 9. The Bertz CT molecular complexity index is 166. The second-order valence-electron chi connectivity index (χ2n) is 4.63. The average Bonchev–Trinajstić information content (AvgIpc) is 2.25. The van der Waals surface area contributed by atoms with Crippen LogP contribution in [0.1, 0.15) is 47.0 Å². The Labute approximate surface area is 108 Å². The zero-order valence-electron chi connectivity index (χ0n) is 11.5. The van der Waals surface area contributed by atoms with Crippen molar-refractivity contribution in [1.82, 2.24) is 0 Å². The molecule has 0 aliphatic heterocycles. The summed E-state index contributed by atoms with van der Waals surface area (Å²) in [4.78, 5) is 0. The van der Waals surface area contributed by atoms with Crippen molar-refractivity contribution in [3.8, 4) is 0 Å². The van der Waals surface area contributed by atoms with Gasteiger partial charge in [0.2, 0.25) is 0 Å². The molecule has 0 aromatic carbocycles. The topological polar surface area (TPSA) is 18.5 Å². The van der Waals surface area contributed by atoms with Crippen LogP contribution in [0.2, 0.25) is 12.6 Å². The molecule has 2 atom stereocenters. The van der Waals surface area contributed by atoms with Gasteiger partial charge >= 0.3 is 8.56 Å². The first-order valence-electron chi connectivity index (χ1n) is 6.43. The maximum absolute atomic E-state index is 6.14. The van der Waals surface area contributed by atoms with Crippen molar-refractivity contribution in [2.75, 3.05) is 5.75 Å². The van der Waals surface area contributed by atoms with E-state index in [1.807, 2.05) is 0 Å². The molecule has 0 spiro atoms. The average molecular weight is 265 g/mol. The van der Waals surface area contributed by atoms with Gasteiger partial charge in [0.05, 0.1) is 0 Å². The Hall–Kier alpha value is 0.487. The minimum atomic E-state index is -1.99.